The first-order valence-electron chi connectivity index (χ1n) is 8.58. The predicted molar refractivity (Wildman–Crippen MR) is 93.2 cm³/mol. The lowest BCUT2D eigenvalue weighted by Crippen LogP contribution is -2.34. The van der Waals surface area contributed by atoms with Gasteiger partial charge in [-0.05, 0) is 36.6 Å². The predicted octanol–water partition coefficient (Wildman–Crippen LogP) is 2.18. The Morgan fingerprint density at radius 3 is 2.56 bits per heavy atom. The topological polar surface area (TPSA) is 67.2 Å². The van der Waals surface area contributed by atoms with Gasteiger partial charge in [-0.25, -0.2) is 4.98 Å². The van der Waals surface area contributed by atoms with Crippen LogP contribution in [0.4, 0.5) is 19.0 Å². The molecule has 0 aromatic carbocycles. The van der Waals surface area contributed by atoms with E-state index in [2.05, 4.69) is 15.2 Å². The van der Waals surface area contributed by atoms with Crippen LogP contribution in [0.1, 0.15) is 24.0 Å². The summed E-state index contributed by atoms with van der Waals surface area (Å²) in [6.45, 7) is 1.66. The summed E-state index contributed by atoms with van der Waals surface area (Å²) >= 11 is 0. The van der Waals surface area contributed by atoms with Gasteiger partial charge >= 0.3 is 6.18 Å². The molecule has 0 bridgehead atoms. The van der Waals surface area contributed by atoms with Crippen LogP contribution in [0.25, 0.3) is 0 Å². The highest BCUT2D eigenvalue weighted by Crippen LogP contribution is 2.25. The van der Waals surface area contributed by atoms with Crippen LogP contribution in [-0.4, -0.2) is 28.5 Å². The van der Waals surface area contributed by atoms with E-state index < -0.39 is 29.8 Å². The molecule has 1 fully saturated rings. The van der Waals surface area contributed by atoms with Crippen molar-refractivity contribution in [3.8, 4) is 0 Å². The molecule has 2 aromatic rings. The summed E-state index contributed by atoms with van der Waals surface area (Å²) in [5.41, 5.74) is -1.76. The highest BCUT2D eigenvalue weighted by Gasteiger charge is 2.34. The number of alkyl halides is 3. The molecule has 144 valence electrons. The monoisotopic (exact) mass is 380 g/mol. The van der Waals surface area contributed by atoms with Crippen molar-refractivity contribution in [3.05, 3.63) is 58.1 Å². The normalized spacial score (nSPS) is 14.4. The number of amides is 1. The molecular weight excluding hydrogens is 361 g/mol. The maximum absolute atomic E-state index is 12.8. The summed E-state index contributed by atoms with van der Waals surface area (Å²) in [7, 11) is 0. The van der Waals surface area contributed by atoms with Crippen molar-refractivity contribution in [2.45, 2.75) is 32.1 Å². The molecule has 1 aliphatic heterocycles. The van der Waals surface area contributed by atoms with E-state index in [1.165, 1.54) is 0 Å². The zero-order valence-corrected chi connectivity index (χ0v) is 14.5. The van der Waals surface area contributed by atoms with Gasteiger partial charge in [0.15, 0.2) is 0 Å². The van der Waals surface area contributed by atoms with Gasteiger partial charge in [-0.3, -0.25) is 9.59 Å². The Hall–Kier alpha value is -2.84. The van der Waals surface area contributed by atoms with Crippen LogP contribution in [0.15, 0.2) is 41.5 Å². The average molecular weight is 380 g/mol. The number of hydrogen-bond acceptors (Lipinski definition) is 4. The number of aromatic nitrogens is 2. The molecule has 1 amide bonds. The lowest BCUT2D eigenvalue weighted by atomic mass is 10.2. The molecule has 27 heavy (non-hydrogen) atoms. The number of halogens is 3. The van der Waals surface area contributed by atoms with Gasteiger partial charge in [-0.2, -0.15) is 13.2 Å². The molecule has 9 heteroatoms. The first-order chi connectivity index (χ1) is 12.8. The van der Waals surface area contributed by atoms with Crippen LogP contribution >= 0.6 is 0 Å². The van der Waals surface area contributed by atoms with E-state index in [4.69, 9.17) is 0 Å². The third-order valence-corrected chi connectivity index (χ3v) is 4.37. The minimum Gasteiger partial charge on any atom is -0.357 e. The lowest BCUT2D eigenvalue weighted by Gasteiger charge is -2.16. The van der Waals surface area contributed by atoms with E-state index >= 15 is 0 Å². The summed E-state index contributed by atoms with van der Waals surface area (Å²) in [6.07, 6.45) is 0.357. The van der Waals surface area contributed by atoms with Crippen LogP contribution in [0.2, 0.25) is 0 Å². The number of pyridine rings is 2. The van der Waals surface area contributed by atoms with Crippen LogP contribution in [0.5, 0.6) is 0 Å². The number of carbonyl (C=O) groups is 1. The Bertz CT molecular complexity index is 856. The standard InChI is InChI=1S/C18H19F3N4O2/c19-18(20,21)14-4-3-9-25(17(14)27)12-16(26)23-11-13-5-6-15(22-10-13)24-7-1-2-8-24/h3-6,9-10H,1-2,7-8,11-12H2,(H,23,26). The van der Waals surface area contributed by atoms with Crippen molar-refractivity contribution in [3.63, 3.8) is 0 Å². The first-order valence-corrected chi connectivity index (χ1v) is 8.58. The van der Waals surface area contributed by atoms with Crippen molar-refractivity contribution >= 4 is 11.7 Å². The summed E-state index contributed by atoms with van der Waals surface area (Å²) in [6, 6.07) is 5.52. The Morgan fingerprint density at radius 2 is 1.93 bits per heavy atom. The second-order valence-corrected chi connectivity index (χ2v) is 6.35. The van der Waals surface area contributed by atoms with Crippen molar-refractivity contribution in [2.75, 3.05) is 18.0 Å². The highest BCUT2D eigenvalue weighted by atomic mass is 19.4. The lowest BCUT2D eigenvalue weighted by molar-refractivity contribution is -0.139. The van der Waals surface area contributed by atoms with Gasteiger partial charge in [0.1, 0.15) is 17.9 Å². The fourth-order valence-electron chi connectivity index (χ4n) is 2.94. The maximum Gasteiger partial charge on any atom is 0.421 e. The van der Waals surface area contributed by atoms with E-state index in [0.717, 1.165) is 54.1 Å². The van der Waals surface area contributed by atoms with E-state index in [9.17, 15) is 22.8 Å². The van der Waals surface area contributed by atoms with E-state index in [1.807, 2.05) is 12.1 Å². The number of nitrogens with zero attached hydrogens (tertiary/aromatic N) is 3. The van der Waals surface area contributed by atoms with E-state index in [0.29, 0.717) is 6.07 Å². The zero-order valence-electron chi connectivity index (χ0n) is 14.5. The van der Waals surface area contributed by atoms with Gasteiger partial charge < -0.3 is 14.8 Å². The number of hydrogen-bond donors (Lipinski definition) is 1. The summed E-state index contributed by atoms with van der Waals surface area (Å²) in [5, 5.41) is 2.59. The molecule has 0 radical (unpaired) electrons. The molecule has 1 aliphatic rings. The Morgan fingerprint density at radius 1 is 1.19 bits per heavy atom. The summed E-state index contributed by atoms with van der Waals surface area (Å²) < 4.78 is 39.0. The quantitative estimate of drug-likeness (QED) is 0.864. The third kappa shape index (κ3) is 4.66. The smallest absolute Gasteiger partial charge is 0.357 e. The van der Waals surface area contributed by atoms with Crippen molar-refractivity contribution in [1.29, 1.82) is 0 Å². The Kier molecular flexibility index (Phi) is 5.48. The van der Waals surface area contributed by atoms with Gasteiger partial charge in [0.05, 0.1) is 0 Å². The van der Waals surface area contributed by atoms with Gasteiger partial charge in [0.25, 0.3) is 5.56 Å². The maximum atomic E-state index is 12.8. The fourth-order valence-corrected chi connectivity index (χ4v) is 2.94. The molecule has 3 rings (SSSR count). The first kappa shape index (κ1) is 18.9. The van der Waals surface area contributed by atoms with Gasteiger partial charge in [0.2, 0.25) is 5.91 Å². The molecule has 2 aromatic heterocycles. The van der Waals surface area contributed by atoms with Crippen molar-refractivity contribution < 1.29 is 18.0 Å². The van der Waals surface area contributed by atoms with E-state index in [-0.39, 0.29) is 6.54 Å². The van der Waals surface area contributed by atoms with Crippen molar-refractivity contribution in [2.24, 2.45) is 0 Å². The molecule has 1 N–H and O–H groups in total. The number of anilines is 1. The highest BCUT2D eigenvalue weighted by molar-refractivity contribution is 5.75. The number of nitrogens with one attached hydrogen (secondary N) is 1. The molecule has 0 saturated carbocycles. The largest absolute Gasteiger partial charge is 0.421 e. The van der Waals surface area contributed by atoms with Crippen LogP contribution in [-0.2, 0) is 24.1 Å². The molecule has 0 unspecified atom stereocenters. The minimum absolute atomic E-state index is 0.180. The molecule has 6 nitrogen and oxygen atoms in total. The van der Waals surface area contributed by atoms with Gasteiger partial charge in [-0.15, -0.1) is 0 Å². The number of carbonyl (C=O) groups excluding carboxylic acids is 1. The van der Waals surface area contributed by atoms with Crippen LogP contribution in [0.3, 0.4) is 0 Å². The fraction of sp³-hybridized carbons (Fsp3) is 0.389. The Balaban J connectivity index is 1.58. The molecule has 0 aliphatic carbocycles. The molecular formula is C18H19F3N4O2. The number of rotatable bonds is 5. The van der Waals surface area contributed by atoms with Crippen molar-refractivity contribution in [1.82, 2.24) is 14.9 Å². The van der Waals surface area contributed by atoms with Crippen LogP contribution in [0, 0.1) is 0 Å². The average Bonchev–Trinajstić information content (AvgIpc) is 3.16. The van der Waals surface area contributed by atoms with Crippen LogP contribution < -0.4 is 15.8 Å². The SMILES string of the molecule is O=C(Cn1cccc(C(F)(F)F)c1=O)NCc1ccc(N2CCCC2)nc1. The second kappa shape index (κ2) is 7.81. The summed E-state index contributed by atoms with van der Waals surface area (Å²) in [5.74, 6) is 0.332. The molecule has 0 atom stereocenters. The molecule has 3 heterocycles. The van der Waals surface area contributed by atoms with Gasteiger partial charge in [-0.1, -0.05) is 6.07 Å². The van der Waals surface area contributed by atoms with Gasteiger partial charge in [0, 0.05) is 32.0 Å². The minimum atomic E-state index is -4.75. The molecule has 0 spiro atoms. The third-order valence-electron chi connectivity index (χ3n) is 4.37. The summed E-state index contributed by atoms with van der Waals surface area (Å²) in [4.78, 5) is 30.4. The Labute approximate surface area is 153 Å². The van der Waals surface area contributed by atoms with E-state index in [1.54, 1.807) is 6.20 Å². The molecule has 1 saturated heterocycles. The zero-order chi connectivity index (χ0) is 19.4. The second-order valence-electron chi connectivity index (χ2n) is 6.35.